The first-order valence-corrected chi connectivity index (χ1v) is 7.75. The number of carbonyl (C=O) groups excluding carboxylic acids is 2. The van der Waals surface area contributed by atoms with Crippen LogP contribution in [0.4, 0.5) is 0 Å². The molecule has 22 heavy (non-hydrogen) atoms. The lowest BCUT2D eigenvalue weighted by atomic mass is 9.80. The van der Waals surface area contributed by atoms with Crippen LogP contribution in [-0.4, -0.2) is 29.1 Å². The molecule has 2 aliphatic rings. The van der Waals surface area contributed by atoms with E-state index in [1.807, 2.05) is 6.92 Å². The molecule has 0 saturated carbocycles. The van der Waals surface area contributed by atoms with Gasteiger partial charge in [0.15, 0.2) is 17.3 Å². The molecular weight excluding hydrogens is 284 g/mol. The molecule has 1 N–H and O–H groups in total. The number of aliphatic hydroxyl groups excluding tert-OH is 1. The van der Waals surface area contributed by atoms with E-state index in [0.717, 1.165) is 6.42 Å². The van der Waals surface area contributed by atoms with Crippen molar-refractivity contribution in [3.05, 3.63) is 23.7 Å². The fraction of sp³-hybridized carbons (Fsp3) is 0.647. The molecule has 1 fully saturated rings. The molecule has 2 rings (SSSR count). The number of ether oxygens (including phenoxy) is 2. The third-order valence-electron chi connectivity index (χ3n) is 4.51. The number of hydrogen-bond donors (Lipinski definition) is 1. The van der Waals surface area contributed by atoms with Gasteiger partial charge in [0, 0.05) is 6.42 Å². The summed E-state index contributed by atoms with van der Waals surface area (Å²) in [6, 6.07) is 0. The Morgan fingerprint density at radius 1 is 1.36 bits per heavy atom. The van der Waals surface area contributed by atoms with Crippen molar-refractivity contribution in [1.82, 2.24) is 0 Å². The quantitative estimate of drug-likeness (QED) is 0.638. The van der Waals surface area contributed by atoms with E-state index in [1.54, 1.807) is 0 Å². The monoisotopic (exact) mass is 308 g/mol. The number of esters is 1. The number of aliphatic hydroxyl groups is 1. The molecule has 0 aromatic carbocycles. The van der Waals surface area contributed by atoms with Crippen molar-refractivity contribution in [3.63, 3.8) is 0 Å². The zero-order valence-electron chi connectivity index (χ0n) is 13.6. The molecule has 4 atom stereocenters. The summed E-state index contributed by atoms with van der Waals surface area (Å²) in [4.78, 5) is 24.0. The molecule has 1 saturated heterocycles. The molecule has 0 aromatic rings. The minimum Gasteiger partial charge on any atom is -0.504 e. The van der Waals surface area contributed by atoms with Crippen molar-refractivity contribution in [2.75, 3.05) is 0 Å². The zero-order chi connectivity index (χ0) is 16.6. The van der Waals surface area contributed by atoms with Gasteiger partial charge in [0.1, 0.15) is 5.57 Å². The summed E-state index contributed by atoms with van der Waals surface area (Å²) in [5.74, 6) is -0.877. The van der Waals surface area contributed by atoms with Crippen LogP contribution >= 0.6 is 0 Å². The van der Waals surface area contributed by atoms with Crippen LogP contribution in [0.3, 0.4) is 0 Å². The Balaban J connectivity index is 2.11. The van der Waals surface area contributed by atoms with Gasteiger partial charge < -0.3 is 14.6 Å². The molecule has 5 nitrogen and oxygen atoms in total. The van der Waals surface area contributed by atoms with E-state index in [-0.39, 0.29) is 35.9 Å². The summed E-state index contributed by atoms with van der Waals surface area (Å²) in [6.07, 6.45) is 0.891. The van der Waals surface area contributed by atoms with E-state index in [9.17, 15) is 14.7 Å². The van der Waals surface area contributed by atoms with E-state index in [0.29, 0.717) is 11.8 Å². The number of hydrogen-bond acceptors (Lipinski definition) is 5. The van der Waals surface area contributed by atoms with Crippen LogP contribution in [0, 0.1) is 17.8 Å². The van der Waals surface area contributed by atoms with Crippen LogP contribution < -0.4 is 0 Å². The van der Waals surface area contributed by atoms with E-state index in [2.05, 4.69) is 32.1 Å². The number of cyclic esters (lactones) is 1. The molecule has 0 aromatic heterocycles. The lowest BCUT2D eigenvalue weighted by molar-refractivity contribution is -0.142. The summed E-state index contributed by atoms with van der Waals surface area (Å²) in [5.41, 5.74) is -0.305. The molecule has 2 aliphatic heterocycles. The third kappa shape index (κ3) is 3.09. The predicted octanol–water partition coefficient (Wildman–Crippen LogP) is 2.91. The summed E-state index contributed by atoms with van der Waals surface area (Å²) in [7, 11) is 0. The van der Waals surface area contributed by atoms with Gasteiger partial charge in [-0.25, -0.2) is 4.79 Å². The molecule has 1 unspecified atom stereocenters. The van der Waals surface area contributed by atoms with Crippen LogP contribution in [0.5, 0.6) is 0 Å². The lowest BCUT2D eigenvalue weighted by Gasteiger charge is -2.41. The van der Waals surface area contributed by atoms with Crippen molar-refractivity contribution in [2.24, 2.45) is 17.8 Å². The normalized spacial score (nSPS) is 32.6. The van der Waals surface area contributed by atoms with Crippen molar-refractivity contribution in [2.45, 2.75) is 52.7 Å². The van der Waals surface area contributed by atoms with E-state index in [4.69, 9.17) is 4.74 Å². The molecule has 0 aliphatic carbocycles. The fourth-order valence-corrected chi connectivity index (χ4v) is 3.38. The van der Waals surface area contributed by atoms with Gasteiger partial charge in [0.05, 0.1) is 12.2 Å². The first kappa shape index (κ1) is 16.7. The van der Waals surface area contributed by atoms with Gasteiger partial charge >= 0.3 is 5.97 Å². The van der Waals surface area contributed by atoms with Crippen molar-refractivity contribution in [3.8, 4) is 0 Å². The van der Waals surface area contributed by atoms with Crippen molar-refractivity contribution >= 4 is 11.8 Å². The Morgan fingerprint density at radius 2 is 2.00 bits per heavy atom. The Kier molecular flexibility index (Phi) is 4.75. The molecule has 2 heterocycles. The summed E-state index contributed by atoms with van der Waals surface area (Å²) >= 11 is 0. The highest BCUT2D eigenvalue weighted by atomic mass is 16.6. The van der Waals surface area contributed by atoms with Crippen LogP contribution in [-0.2, 0) is 19.1 Å². The van der Waals surface area contributed by atoms with Gasteiger partial charge in [0.25, 0.3) is 0 Å². The predicted molar refractivity (Wildman–Crippen MR) is 81.0 cm³/mol. The summed E-state index contributed by atoms with van der Waals surface area (Å²) in [6.45, 7) is 11.8. The lowest BCUT2D eigenvalue weighted by Crippen LogP contribution is -2.42. The van der Waals surface area contributed by atoms with E-state index >= 15 is 0 Å². The molecular formula is C17H24O5. The van der Waals surface area contributed by atoms with Gasteiger partial charge in [-0.2, -0.15) is 0 Å². The standard InChI is InChI=1S/C17H24O5/c1-8(2)16-10(4)6-9(3)13(22-16)7-12(18)14-15(19)11(5)21-17(14)20/h8-10,13,16,19H,5-7H2,1-4H3/t9-,10-,13-,16?/m0/s1. The average molecular weight is 308 g/mol. The van der Waals surface area contributed by atoms with Gasteiger partial charge in [0.2, 0.25) is 0 Å². The molecule has 0 spiro atoms. The van der Waals surface area contributed by atoms with Gasteiger partial charge in [-0.15, -0.1) is 0 Å². The largest absolute Gasteiger partial charge is 0.504 e. The van der Waals surface area contributed by atoms with E-state index < -0.39 is 17.5 Å². The molecule has 122 valence electrons. The van der Waals surface area contributed by atoms with Crippen LogP contribution in [0.1, 0.15) is 40.5 Å². The SMILES string of the molecule is C=C1OC(=O)C(C(=O)C[C@@H]2OC(C(C)C)[C@@H](C)C[C@@H]2C)=C1O. The summed E-state index contributed by atoms with van der Waals surface area (Å²) < 4.78 is 10.8. The first-order chi connectivity index (χ1) is 10.2. The number of Topliss-reactive ketones (excluding diaryl/α,β-unsaturated/α-hetero) is 1. The number of carbonyl (C=O) groups is 2. The number of rotatable bonds is 4. The minimum absolute atomic E-state index is 0.0683. The minimum atomic E-state index is -0.829. The Labute approximate surface area is 131 Å². The van der Waals surface area contributed by atoms with Gasteiger partial charge in [-0.3, -0.25) is 4.79 Å². The second-order valence-corrected chi connectivity index (χ2v) is 6.74. The Hall–Kier alpha value is -1.62. The second kappa shape index (κ2) is 6.24. The van der Waals surface area contributed by atoms with Crippen molar-refractivity contribution in [1.29, 1.82) is 0 Å². The molecule has 0 bridgehead atoms. The average Bonchev–Trinajstić information content (AvgIpc) is 2.66. The third-order valence-corrected chi connectivity index (χ3v) is 4.51. The smallest absolute Gasteiger partial charge is 0.351 e. The first-order valence-electron chi connectivity index (χ1n) is 7.75. The topological polar surface area (TPSA) is 72.8 Å². The Bertz CT molecular complexity index is 531. The number of ketones is 1. The molecule has 5 heteroatoms. The maximum atomic E-state index is 12.3. The maximum absolute atomic E-state index is 12.3. The second-order valence-electron chi connectivity index (χ2n) is 6.74. The maximum Gasteiger partial charge on any atom is 0.351 e. The van der Waals surface area contributed by atoms with Crippen LogP contribution in [0.25, 0.3) is 0 Å². The highest BCUT2D eigenvalue weighted by molar-refractivity contribution is 6.20. The fourth-order valence-electron chi connectivity index (χ4n) is 3.38. The Morgan fingerprint density at radius 3 is 2.50 bits per heavy atom. The molecule has 0 radical (unpaired) electrons. The highest BCUT2D eigenvalue weighted by Gasteiger charge is 2.39. The van der Waals surface area contributed by atoms with Crippen molar-refractivity contribution < 1.29 is 24.2 Å². The van der Waals surface area contributed by atoms with Gasteiger partial charge in [-0.1, -0.05) is 34.3 Å². The van der Waals surface area contributed by atoms with Gasteiger partial charge in [-0.05, 0) is 24.2 Å². The summed E-state index contributed by atoms with van der Waals surface area (Å²) in [5, 5.41) is 9.75. The van der Waals surface area contributed by atoms with E-state index in [1.165, 1.54) is 0 Å². The highest BCUT2D eigenvalue weighted by Crippen LogP contribution is 2.35. The zero-order valence-corrected chi connectivity index (χ0v) is 13.6. The van der Waals surface area contributed by atoms with Crippen LogP contribution in [0.2, 0.25) is 0 Å². The van der Waals surface area contributed by atoms with Crippen LogP contribution in [0.15, 0.2) is 23.7 Å². The molecule has 0 amide bonds.